The fourth-order valence-corrected chi connectivity index (χ4v) is 4.63. The Morgan fingerprint density at radius 2 is 1.62 bits per heavy atom. The first-order valence-electron chi connectivity index (χ1n) is 11.5. The number of carbonyl (C=O) groups is 2. The number of benzene rings is 3. The van der Waals surface area contributed by atoms with Crippen LogP contribution in [0.1, 0.15) is 30.0 Å². The van der Waals surface area contributed by atoms with E-state index < -0.39 is 6.04 Å². The molecule has 3 rings (SSSR count). The van der Waals surface area contributed by atoms with Crippen LogP contribution in [0.25, 0.3) is 0 Å². The van der Waals surface area contributed by atoms with Gasteiger partial charge in [-0.25, -0.2) is 0 Å². The predicted molar refractivity (Wildman–Crippen MR) is 141 cm³/mol. The van der Waals surface area contributed by atoms with Crippen LogP contribution in [-0.2, 0) is 22.6 Å². The lowest BCUT2D eigenvalue weighted by Gasteiger charge is -2.31. The maximum Gasteiger partial charge on any atom is 0.243 e. The van der Waals surface area contributed by atoms with Crippen LogP contribution < -0.4 is 5.32 Å². The highest BCUT2D eigenvalue weighted by atomic mass is 35.5. The van der Waals surface area contributed by atoms with Gasteiger partial charge in [0, 0.05) is 41.6 Å². The molecule has 0 radical (unpaired) electrons. The first-order valence-corrected chi connectivity index (χ1v) is 12.9. The zero-order chi connectivity index (χ0) is 24.3. The van der Waals surface area contributed by atoms with Gasteiger partial charge in [-0.1, -0.05) is 71.8 Å². The van der Waals surface area contributed by atoms with E-state index in [4.69, 9.17) is 11.6 Å². The standard InChI is InChI=1S/C28H31ClN2O2S/c1-3-30-28(33)26(19-22-7-5-4-6-8-22)31(20-23-11-13-24(29)14-12-23)27(32)17-18-34-25-15-9-21(2)10-16-25/h4-16,26H,3,17-20H2,1-2H3,(H,30,33). The quantitative estimate of drug-likeness (QED) is 0.337. The number of nitrogens with zero attached hydrogens (tertiary/aromatic N) is 1. The number of amides is 2. The Morgan fingerprint density at radius 1 is 0.941 bits per heavy atom. The van der Waals surface area contributed by atoms with E-state index in [2.05, 4.69) is 36.5 Å². The van der Waals surface area contributed by atoms with Crippen LogP contribution in [-0.4, -0.2) is 35.1 Å². The summed E-state index contributed by atoms with van der Waals surface area (Å²) in [6, 6.07) is 24.9. The van der Waals surface area contributed by atoms with E-state index in [1.807, 2.05) is 61.5 Å². The second-order valence-electron chi connectivity index (χ2n) is 8.16. The van der Waals surface area contributed by atoms with Gasteiger partial charge in [-0.2, -0.15) is 0 Å². The molecule has 0 aliphatic heterocycles. The van der Waals surface area contributed by atoms with Gasteiger partial charge in [0.25, 0.3) is 0 Å². The van der Waals surface area contributed by atoms with Crippen molar-refractivity contribution in [3.63, 3.8) is 0 Å². The average Bonchev–Trinajstić information content (AvgIpc) is 2.84. The monoisotopic (exact) mass is 494 g/mol. The predicted octanol–water partition coefficient (Wildman–Crippen LogP) is 5.91. The van der Waals surface area contributed by atoms with Crippen LogP contribution >= 0.6 is 23.4 Å². The number of nitrogens with one attached hydrogen (secondary N) is 1. The summed E-state index contributed by atoms with van der Waals surface area (Å²) in [6.45, 7) is 4.80. The van der Waals surface area contributed by atoms with E-state index in [1.165, 1.54) is 5.56 Å². The summed E-state index contributed by atoms with van der Waals surface area (Å²) in [6.07, 6.45) is 0.800. The number of hydrogen-bond acceptors (Lipinski definition) is 3. The molecule has 0 bridgehead atoms. The van der Waals surface area contributed by atoms with Gasteiger partial charge in [-0.15, -0.1) is 11.8 Å². The lowest BCUT2D eigenvalue weighted by molar-refractivity contribution is -0.140. The summed E-state index contributed by atoms with van der Waals surface area (Å²) in [4.78, 5) is 29.5. The minimum Gasteiger partial charge on any atom is -0.355 e. The molecule has 0 aliphatic rings. The molecule has 4 nitrogen and oxygen atoms in total. The van der Waals surface area contributed by atoms with Crippen LogP contribution in [0.3, 0.4) is 0 Å². The van der Waals surface area contributed by atoms with E-state index in [1.54, 1.807) is 16.7 Å². The Kier molecular flexibility index (Phi) is 10.0. The Labute approximate surface area is 211 Å². The van der Waals surface area contributed by atoms with Gasteiger partial charge >= 0.3 is 0 Å². The van der Waals surface area contributed by atoms with Crippen LogP contribution in [0.4, 0.5) is 0 Å². The smallest absolute Gasteiger partial charge is 0.243 e. The van der Waals surface area contributed by atoms with Gasteiger partial charge < -0.3 is 10.2 Å². The molecule has 0 saturated carbocycles. The SMILES string of the molecule is CCNC(=O)C(Cc1ccccc1)N(Cc1ccc(Cl)cc1)C(=O)CCSc1ccc(C)cc1. The Morgan fingerprint density at radius 3 is 2.26 bits per heavy atom. The average molecular weight is 495 g/mol. The van der Waals surface area contributed by atoms with Crippen molar-refractivity contribution in [2.75, 3.05) is 12.3 Å². The first kappa shape index (κ1) is 25.9. The summed E-state index contributed by atoms with van der Waals surface area (Å²) in [5.41, 5.74) is 3.16. The van der Waals surface area contributed by atoms with Crippen molar-refractivity contribution < 1.29 is 9.59 Å². The third-order valence-corrected chi connectivity index (χ3v) is 6.76. The molecule has 6 heteroatoms. The minimum absolute atomic E-state index is 0.0401. The maximum absolute atomic E-state index is 13.5. The fraction of sp³-hybridized carbons (Fsp3) is 0.286. The summed E-state index contributed by atoms with van der Waals surface area (Å²) >= 11 is 7.71. The van der Waals surface area contributed by atoms with E-state index in [0.717, 1.165) is 16.0 Å². The van der Waals surface area contributed by atoms with Crippen molar-refractivity contribution in [3.8, 4) is 0 Å². The molecule has 0 fully saturated rings. The van der Waals surface area contributed by atoms with Crippen LogP contribution in [0.5, 0.6) is 0 Å². The third-order valence-electron chi connectivity index (χ3n) is 5.49. The second-order valence-corrected chi connectivity index (χ2v) is 9.76. The largest absolute Gasteiger partial charge is 0.355 e. The summed E-state index contributed by atoms with van der Waals surface area (Å²) in [7, 11) is 0. The van der Waals surface area contributed by atoms with Crippen LogP contribution in [0, 0.1) is 6.92 Å². The summed E-state index contributed by atoms with van der Waals surface area (Å²) in [5.74, 6) is 0.466. The Hall–Kier alpha value is -2.76. The van der Waals surface area contributed by atoms with Crippen molar-refractivity contribution >= 4 is 35.2 Å². The highest BCUT2D eigenvalue weighted by Gasteiger charge is 2.29. The third kappa shape index (κ3) is 7.93. The van der Waals surface area contributed by atoms with Gasteiger partial charge in [-0.3, -0.25) is 9.59 Å². The van der Waals surface area contributed by atoms with Crippen molar-refractivity contribution in [2.24, 2.45) is 0 Å². The van der Waals surface area contributed by atoms with Crippen molar-refractivity contribution in [3.05, 3.63) is 101 Å². The van der Waals surface area contributed by atoms with Gasteiger partial charge in [0.15, 0.2) is 0 Å². The highest BCUT2D eigenvalue weighted by molar-refractivity contribution is 7.99. The number of hydrogen-bond donors (Lipinski definition) is 1. The number of aryl methyl sites for hydroxylation is 1. The molecule has 0 saturated heterocycles. The minimum atomic E-state index is -0.602. The second kappa shape index (κ2) is 13.2. The molecule has 0 spiro atoms. The summed E-state index contributed by atoms with van der Waals surface area (Å²) < 4.78 is 0. The molecule has 2 amide bonds. The van der Waals surface area contributed by atoms with E-state index in [0.29, 0.717) is 36.7 Å². The molecular weight excluding hydrogens is 464 g/mol. The Bertz CT molecular complexity index is 1060. The number of thioether (sulfide) groups is 1. The topological polar surface area (TPSA) is 49.4 Å². The van der Waals surface area contributed by atoms with Crippen molar-refractivity contribution in [2.45, 2.75) is 44.2 Å². The van der Waals surface area contributed by atoms with E-state index in [-0.39, 0.29) is 11.8 Å². The number of likely N-dealkylation sites (N-methyl/N-ethyl adjacent to an activating group) is 1. The molecular formula is C28H31ClN2O2S. The summed E-state index contributed by atoms with van der Waals surface area (Å²) in [5, 5.41) is 3.56. The molecule has 3 aromatic rings. The number of halogens is 1. The van der Waals surface area contributed by atoms with Crippen molar-refractivity contribution in [1.29, 1.82) is 0 Å². The molecule has 3 aromatic carbocycles. The normalized spacial score (nSPS) is 11.6. The number of carbonyl (C=O) groups excluding carboxylic acids is 2. The van der Waals surface area contributed by atoms with Crippen LogP contribution in [0.15, 0.2) is 83.8 Å². The van der Waals surface area contributed by atoms with Crippen LogP contribution in [0.2, 0.25) is 5.02 Å². The zero-order valence-corrected chi connectivity index (χ0v) is 21.2. The van der Waals surface area contributed by atoms with Gasteiger partial charge in [0.2, 0.25) is 11.8 Å². The Balaban J connectivity index is 1.81. The molecule has 0 aliphatic carbocycles. The van der Waals surface area contributed by atoms with E-state index >= 15 is 0 Å². The molecule has 1 N–H and O–H groups in total. The molecule has 1 unspecified atom stereocenters. The molecule has 178 valence electrons. The maximum atomic E-state index is 13.5. The molecule has 1 atom stereocenters. The van der Waals surface area contributed by atoms with Gasteiger partial charge in [-0.05, 0) is 49.2 Å². The molecule has 0 aromatic heterocycles. The highest BCUT2D eigenvalue weighted by Crippen LogP contribution is 2.22. The lowest BCUT2D eigenvalue weighted by atomic mass is 10.0. The van der Waals surface area contributed by atoms with Crippen molar-refractivity contribution in [1.82, 2.24) is 10.2 Å². The van der Waals surface area contributed by atoms with Gasteiger partial charge in [0.1, 0.15) is 6.04 Å². The molecule has 0 heterocycles. The molecule has 34 heavy (non-hydrogen) atoms. The fourth-order valence-electron chi connectivity index (χ4n) is 3.67. The number of rotatable bonds is 11. The zero-order valence-electron chi connectivity index (χ0n) is 19.7. The van der Waals surface area contributed by atoms with Gasteiger partial charge in [0.05, 0.1) is 0 Å². The lowest BCUT2D eigenvalue weighted by Crippen LogP contribution is -2.50. The first-order chi connectivity index (χ1) is 16.5. The van der Waals surface area contributed by atoms with E-state index in [9.17, 15) is 9.59 Å².